The van der Waals surface area contributed by atoms with Crippen LogP contribution in [-0.4, -0.2) is 25.3 Å². The fraction of sp³-hybridized carbons (Fsp3) is 0.250. The zero-order valence-corrected chi connectivity index (χ0v) is 9.27. The summed E-state index contributed by atoms with van der Waals surface area (Å²) < 4.78 is 10.1. The Balaban J connectivity index is 3.02. The summed E-state index contributed by atoms with van der Waals surface area (Å²) >= 11 is 0. The zero-order valence-electron chi connectivity index (χ0n) is 9.27. The van der Waals surface area contributed by atoms with Gasteiger partial charge in [0.25, 0.3) is 0 Å². The van der Waals surface area contributed by atoms with Gasteiger partial charge in [-0.3, -0.25) is 0 Å². The summed E-state index contributed by atoms with van der Waals surface area (Å²) in [5.74, 6) is -0.251. The zero-order chi connectivity index (χ0) is 12.0. The lowest BCUT2D eigenvalue weighted by molar-refractivity contribution is -0.131. The van der Waals surface area contributed by atoms with Crippen LogP contribution in [0, 0.1) is 0 Å². The number of carboxylic acid groups (broad SMARTS) is 1. The van der Waals surface area contributed by atoms with E-state index in [0.717, 1.165) is 23.0 Å². The molecular weight excluding hydrogens is 208 g/mol. The van der Waals surface area contributed by atoms with E-state index in [0.29, 0.717) is 6.61 Å². The fourth-order valence-electron chi connectivity index (χ4n) is 1.31. The highest BCUT2D eigenvalue weighted by atomic mass is 16.5. The van der Waals surface area contributed by atoms with Crippen LogP contribution >= 0.6 is 0 Å². The highest BCUT2D eigenvalue weighted by Crippen LogP contribution is 2.19. The molecule has 0 aromatic heterocycles. The monoisotopic (exact) mass is 222 g/mol. The normalized spacial score (nSPS) is 10.6. The number of carboxylic acids is 1. The van der Waals surface area contributed by atoms with Crippen LogP contribution in [0.4, 0.5) is 0 Å². The lowest BCUT2D eigenvalue weighted by Gasteiger charge is -2.07. The number of benzene rings is 1. The van der Waals surface area contributed by atoms with Crippen LogP contribution in [0.1, 0.15) is 11.1 Å². The van der Waals surface area contributed by atoms with E-state index in [2.05, 4.69) is 0 Å². The van der Waals surface area contributed by atoms with Crippen molar-refractivity contribution < 1.29 is 19.4 Å². The van der Waals surface area contributed by atoms with Gasteiger partial charge in [0, 0.05) is 13.2 Å². The molecule has 0 aliphatic carbocycles. The number of hydrogen-bond donors (Lipinski definition) is 1. The summed E-state index contributed by atoms with van der Waals surface area (Å²) in [6, 6.07) is 5.40. The molecule has 0 atom stereocenters. The molecule has 0 bridgehead atoms. The quantitative estimate of drug-likeness (QED) is 0.773. The second kappa shape index (κ2) is 5.92. The van der Waals surface area contributed by atoms with Crippen LogP contribution in [0.25, 0.3) is 6.08 Å². The van der Waals surface area contributed by atoms with Crippen molar-refractivity contribution in [3.8, 4) is 5.75 Å². The third kappa shape index (κ3) is 3.40. The number of methoxy groups -OCH3 is 2. The summed E-state index contributed by atoms with van der Waals surface area (Å²) in [5.41, 5.74) is 1.70. The smallest absolute Gasteiger partial charge is 0.328 e. The van der Waals surface area contributed by atoms with Crippen LogP contribution in [0.2, 0.25) is 0 Å². The molecule has 0 unspecified atom stereocenters. The molecule has 0 aliphatic rings. The topological polar surface area (TPSA) is 55.8 Å². The van der Waals surface area contributed by atoms with E-state index in [9.17, 15) is 4.79 Å². The predicted octanol–water partition coefficient (Wildman–Crippen LogP) is 1.94. The average Bonchev–Trinajstić information content (AvgIpc) is 2.27. The summed E-state index contributed by atoms with van der Waals surface area (Å²) in [6.45, 7) is 0.413. The minimum atomic E-state index is -0.973. The van der Waals surface area contributed by atoms with Crippen LogP contribution in [0.15, 0.2) is 24.3 Å². The van der Waals surface area contributed by atoms with Crippen molar-refractivity contribution in [3.05, 3.63) is 35.4 Å². The molecule has 86 valence electrons. The molecule has 0 heterocycles. The fourth-order valence-corrected chi connectivity index (χ4v) is 1.31. The van der Waals surface area contributed by atoms with Crippen LogP contribution < -0.4 is 4.74 Å². The highest BCUT2D eigenvalue weighted by molar-refractivity contribution is 5.85. The number of ether oxygens (including phenoxy) is 2. The Bertz CT molecular complexity index is 396. The van der Waals surface area contributed by atoms with E-state index >= 15 is 0 Å². The SMILES string of the molecule is COCc1cc(OC)ccc1C=CC(=O)O. The van der Waals surface area contributed by atoms with Gasteiger partial charge in [-0.05, 0) is 29.3 Å². The largest absolute Gasteiger partial charge is 0.497 e. The molecule has 1 aromatic rings. The predicted molar refractivity (Wildman–Crippen MR) is 60.4 cm³/mol. The van der Waals surface area contributed by atoms with E-state index < -0.39 is 5.97 Å². The van der Waals surface area contributed by atoms with Crippen molar-refractivity contribution in [2.24, 2.45) is 0 Å². The first-order chi connectivity index (χ1) is 7.67. The molecule has 0 radical (unpaired) electrons. The van der Waals surface area contributed by atoms with Crippen molar-refractivity contribution in [2.45, 2.75) is 6.61 Å². The van der Waals surface area contributed by atoms with E-state index in [1.807, 2.05) is 6.07 Å². The molecule has 1 N–H and O–H groups in total. The van der Waals surface area contributed by atoms with E-state index in [4.69, 9.17) is 14.6 Å². The van der Waals surface area contributed by atoms with Crippen molar-refractivity contribution in [2.75, 3.05) is 14.2 Å². The molecule has 0 amide bonds. The molecule has 0 spiro atoms. The van der Waals surface area contributed by atoms with Gasteiger partial charge in [0.2, 0.25) is 0 Å². The maximum Gasteiger partial charge on any atom is 0.328 e. The first-order valence-electron chi connectivity index (χ1n) is 4.74. The Morgan fingerprint density at radius 1 is 1.44 bits per heavy atom. The Morgan fingerprint density at radius 2 is 2.19 bits per heavy atom. The first kappa shape index (κ1) is 12.3. The molecule has 16 heavy (non-hydrogen) atoms. The van der Waals surface area contributed by atoms with Gasteiger partial charge >= 0.3 is 5.97 Å². The van der Waals surface area contributed by atoms with Gasteiger partial charge in [-0.2, -0.15) is 0 Å². The van der Waals surface area contributed by atoms with E-state index in [1.54, 1.807) is 26.4 Å². The lowest BCUT2D eigenvalue weighted by Crippen LogP contribution is -1.94. The van der Waals surface area contributed by atoms with Crippen molar-refractivity contribution in [1.29, 1.82) is 0 Å². The van der Waals surface area contributed by atoms with Gasteiger partial charge < -0.3 is 14.6 Å². The molecule has 0 aliphatic heterocycles. The molecule has 4 nitrogen and oxygen atoms in total. The minimum absolute atomic E-state index is 0.413. The lowest BCUT2D eigenvalue weighted by atomic mass is 10.1. The van der Waals surface area contributed by atoms with Gasteiger partial charge in [-0.15, -0.1) is 0 Å². The molecule has 1 rings (SSSR count). The van der Waals surface area contributed by atoms with Crippen molar-refractivity contribution in [1.82, 2.24) is 0 Å². The van der Waals surface area contributed by atoms with Gasteiger partial charge in [0.1, 0.15) is 5.75 Å². The summed E-state index contributed by atoms with van der Waals surface area (Å²) in [4.78, 5) is 10.4. The maximum atomic E-state index is 10.4. The molecule has 0 fully saturated rings. The number of aliphatic carboxylic acids is 1. The van der Waals surface area contributed by atoms with Gasteiger partial charge in [0.15, 0.2) is 0 Å². The van der Waals surface area contributed by atoms with Crippen molar-refractivity contribution >= 4 is 12.0 Å². The Morgan fingerprint density at radius 3 is 2.75 bits per heavy atom. The first-order valence-corrected chi connectivity index (χ1v) is 4.74. The molecule has 0 saturated heterocycles. The van der Waals surface area contributed by atoms with Crippen molar-refractivity contribution in [3.63, 3.8) is 0 Å². The Labute approximate surface area is 94.1 Å². The maximum absolute atomic E-state index is 10.4. The van der Waals surface area contributed by atoms with Crippen LogP contribution in [0.3, 0.4) is 0 Å². The Hall–Kier alpha value is -1.81. The molecular formula is C12H14O4. The van der Waals surface area contributed by atoms with Gasteiger partial charge in [0.05, 0.1) is 13.7 Å². The standard InChI is InChI=1S/C12H14O4/c1-15-8-10-7-11(16-2)5-3-9(10)4-6-12(13)14/h3-7H,8H2,1-2H3,(H,13,14). The van der Waals surface area contributed by atoms with Gasteiger partial charge in [-0.25, -0.2) is 4.79 Å². The summed E-state index contributed by atoms with van der Waals surface area (Å²) in [6.07, 6.45) is 2.64. The average molecular weight is 222 g/mol. The van der Waals surface area contributed by atoms with Gasteiger partial charge in [-0.1, -0.05) is 6.07 Å². The third-order valence-corrected chi connectivity index (χ3v) is 2.06. The summed E-state index contributed by atoms with van der Waals surface area (Å²) in [5, 5.41) is 8.55. The van der Waals surface area contributed by atoms with Crippen LogP contribution in [-0.2, 0) is 16.1 Å². The second-order valence-corrected chi connectivity index (χ2v) is 3.17. The third-order valence-electron chi connectivity index (χ3n) is 2.06. The number of hydrogen-bond acceptors (Lipinski definition) is 3. The molecule has 1 aromatic carbocycles. The minimum Gasteiger partial charge on any atom is -0.497 e. The van der Waals surface area contributed by atoms with E-state index in [1.165, 1.54) is 6.08 Å². The number of carbonyl (C=O) groups is 1. The second-order valence-electron chi connectivity index (χ2n) is 3.17. The molecule has 0 saturated carbocycles. The van der Waals surface area contributed by atoms with E-state index in [-0.39, 0.29) is 0 Å². The Kier molecular flexibility index (Phi) is 4.54. The molecule has 4 heteroatoms. The van der Waals surface area contributed by atoms with Crippen LogP contribution in [0.5, 0.6) is 5.75 Å². The number of rotatable bonds is 5. The highest BCUT2D eigenvalue weighted by Gasteiger charge is 2.02. The summed E-state index contributed by atoms with van der Waals surface area (Å²) in [7, 11) is 3.17.